The lowest BCUT2D eigenvalue weighted by atomic mass is 9.91. The van der Waals surface area contributed by atoms with E-state index < -0.39 is 11.6 Å². The molecule has 2 aromatic carbocycles. The minimum Gasteiger partial charge on any atom is -0.497 e. The molecule has 0 heterocycles. The topological polar surface area (TPSA) is 44.5 Å². The second-order valence-corrected chi connectivity index (χ2v) is 4.98. The van der Waals surface area contributed by atoms with Gasteiger partial charge in [-0.25, -0.2) is 8.78 Å². The molecule has 1 unspecified atom stereocenters. The van der Waals surface area contributed by atoms with Crippen LogP contribution in [0.4, 0.5) is 8.78 Å². The molecule has 5 heteroatoms. The summed E-state index contributed by atoms with van der Waals surface area (Å²) in [7, 11) is 3.13. The van der Waals surface area contributed by atoms with Crippen LogP contribution in [0.1, 0.15) is 17.0 Å². The van der Waals surface area contributed by atoms with Crippen LogP contribution in [-0.2, 0) is 6.42 Å². The summed E-state index contributed by atoms with van der Waals surface area (Å²) in [5.74, 6) is 0.0465. The molecule has 118 valence electrons. The maximum absolute atomic E-state index is 14.0. The fourth-order valence-corrected chi connectivity index (χ4v) is 2.45. The molecule has 22 heavy (non-hydrogen) atoms. The number of hydrogen-bond acceptors (Lipinski definition) is 3. The molecule has 2 N–H and O–H groups in total. The highest BCUT2D eigenvalue weighted by molar-refractivity contribution is 5.41. The van der Waals surface area contributed by atoms with Gasteiger partial charge < -0.3 is 15.2 Å². The Morgan fingerprint density at radius 2 is 1.82 bits per heavy atom. The second-order valence-electron chi connectivity index (χ2n) is 4.98. The van der Waals surface area contributed by atoms with Crippen molar-refractivity contribution >= 4 is 0 Å². The van der Waals surface area contributed by atoms with Crippen molar-refractivity contribution in [2.24, 2.45) is 5.73 Å². The molecule has 0 saturated carbocycles. The molecule has 0 spiro atoms. The van der Waals surface area contributed by atoms with Crippen molar-refractivity contribution in [2.45, 2.75) is 12.3 Å². The highest BCUT2D eigenvalue weighted by Gasteiger charge is 2.18. The molecule has 0 aliphatic heterocycles. The third kappa shape index (κ3) is 3.54. The van der Waals surface area contributed by atoms with Gasteiger partial charge in [0, 0.05) is 5.92 Å². The van der Waals surface area contributed by atoms with Gasteiger partial charge in [-0.05, 0) is 60.5 Å². The van der Waals surface area contributed by atoms with Gasteiger partial charge in [0.2, 0.25) is 0 Å². The zero-order valence-corrected chi connectivity index (χ0v) is 12.6. The first-order valence-electron chi connectivity index (χ1n) is 6.95. The van der Waals surface area contributed by atoms with Crippen LogP contribution in [0.15, 0.2) is 36.4 Å². The van der Waals surface area contributed by atoms with Crippen molar-refractivity contribution in [1.82, 2.24) is 0 Å². The maximum atomic E-state index is 14.0. The second kappa shape index (κ2) is 7.22. The van der Waals surface area contributed by atoms with Crippen LogP contribution in [0, 0.1) is 11.6 Å². The lowest BCUT2D eigenvalue weighted by Crippen LogP contribution is -2.17. The number of benzene rings is 2. The van der Waals surface area contributed by atoms with Gasteiger partial charge in [0.1, 0.15) is 23.1 Å². The van der Waals surface area contributed by atoms with Crippen molar-refractivity contribution < 1.29 is 18.3 Å². The molecule has 0 aliphatic rings. The summed E-state index contributed by atoms with van der Waals surface area (Å²) in [4.78, 5) is 0. The number of halogens is 2. The average Bonchev–Trinajstić information content (AvgIpc) is 2.54. The first kappa shape index (κ1) is 16.2. The number of hydrogen-bond donors (Lipinski definition) is 1. The van der Waals surface area contributed by atoms with Crippen LogP contribution in [0.5, 0.6) is 11.5 Å². The number of rotatable bonds is 6. The minimum absolute atomic E-state index is 0.195. The van der Waals surface area contributed by atoms with Crippen molar-refractivity contribution in [3.63, 3.8) is 0 Å². The standard InChI is InChI=1S/C17H19F2NO2/c1-21-14-4-6-17(22-2)11(8-14)7-12(10-20)15-9-13(18)3-5-16(15)19/h3-6,8-9,12H,7,10,20H2,1-2H3. The molecule has 0 radical (unpaired) electrons. The van der Waals surface area contributed by atoms with E-state index in [0.29, 0.717) is 17.9 Å². The normalized spacial score (nSPS) is 12.0. The molecule has 1 atom stereocenters. The van der Waals surface area contributed by atoms with E-state index in [2.05, 4.69) is 0 Å². The van der Waals surface area contributed by atoms with Crippen LogP contribution in [0.3, 0.4) is 0 Å². The lowest BCUT2D eigenvalue weighted by Gasteiger charge is -2.18. The molecule has 0 saturated heterocycles. The Kier molecular flexibility index (Phi) is 5.33. The van der Waals surface area contributed by atoms with Crippen LogP contribution in [-0.4, -0.2) is 20.8 Å². The van der Waals surface area contributed by atoms with Crippen molar-refractivity contribution in [3.05, 3.63) is 59.2 Å². The van der Waals surface area contributed by atoms with E-state index in [1.807, 2.05) is 6.07 Å². The van der Waals surface area contributed by atoms with E-state index >= 15 is 0 Å². The highest BCUT2D eigenvalue weighted by atomic mass is 19.1. The first-order chi connectivity index (χ1) is 10.6. The Balaban J connectivity index is 2.36. The Labute approximate surface area is 128 Å². The molecule has 0 aliphatic carbocycles. The molecular formula is C17H19F2NO2. The quantitative estimate of drug-likeness (QED) is 0.891. The Morgan fingerprint density at radius 3 is 2.45 bits per heavy atom. The summed E-state index contributed by atoms with van der Waals surface area (Å²) in [6.45, 7) is 0.195. The van der Waals surface area contributed by atoms with Gasteiger partial charge in [0.25, 0.3) is 0 Å². The SMILES string of the molecule is COc1ccc(OC)c(CC(CN)c2cc(F)ccc2F)c1. The summed E-state index contributed by atoms with van der Waals surface area (Å²) < 4.78 is 37.9. The van der Waals surface area contributed by atoms with Crippen LogP contribution < -0.4 is 15.2 Å². The summed E-state index contributed by atoms with van der Waals surface area (Å²) in [6, 6.07) is 8.79. The summed E-state index contributed by atoms with van der Waals surface area (Å²) in [5.41, 5.74) is 6.88. The van der Waals surface area contributed by atoms with E-state index in [1.165, 1.54) is 6.07 Å². The fraction of sp³-hybridized carbons (Fsp3) is 0.294. The van der Waals surface area contributed by atoms with Gasteiger partial charge >= 0.3 is 0 Å². The third-order valence-electron chi connectivity index (χ3n) is 3.64. The number of ether oxygens (including phenoxy) is 2. The summed E-state index contributed by atoms with van der Waals surface area (Å²) >= 11 is 0. The Bertz CT molecular complexity index is 647. The molecule has 2 rings (SSSR count). The Hall–Kier alpha value is -2.14. The predicted molar refractivity (Wildman–Crippen MR) is 81.4 cm³/mol. The van der Waals surface area contributed by atoms with Gasteiger partial charge in [-0.1, -0.05) is 0 Å². The van der Waals surface area contributed by atoms with Gasteiger partial charge in [-0.15, -0.1) is 0 Å². The van der Waals surface area contributed by atoms with E-state index in [9.17, 15) is 8.78 Å². The highest BCUT2D eigenvalue weighted by Crippen LogP contribution is 2.30. The monoisotopic (exact) mass is 307 g/mol. The third-order valence-corrected chi connectivity index (χ3v) is 3.64. The zero-order valence-electron chi connectivity index (χ0n) is 12.6. The lowest BCUT2D eigenvalue weighted by molar-refractivity contribution is 0.397. The van der Waals surface area contributed by atoms with Crippen LogP contribution in [0.25, 0.3) is 0 Å². The van der Waals surface area contributed by atoms with Gasteiger partial charge in [0.05, 0.1) is 14.2 Å². The fourth-order valence-electron chi connectivity index (χ4n) is 2.45. The molecule has 0 amide bonds. The number of methoxy groups -OCH3 is 2. The minimum atomic E-state index is -0.479. The first-order valence-corrected chi connectivity index (χ1v) is 6.95. The van der Waals surface area contributed by atoms with Crippen molar-refractivity contribution in [3.8, 4) is 11.5 Å². The zero-order chi connectivity index (χ0) is 16.1. The van der Waals surface area contributed by atoms with E-state index in [1.54, 1.807) is 26.4 Å². The van der Waals surface area contributed by atoms with Crippen LogP contribution >= 0.6 is 0 Å². The van der Waals surface area contributed by atoms with E-state index in [4.69, 9.17) is 15.2 Å². The van der Waals surface area contributed by atoms with Crippen LogP contribution in [0.2, 0.25) is 0 Å². The largest absolute Gasteiger partial charge is 0.497 e. The molecule has 2 aromatic rings. The Morgan fingerprint density at radius 1 is 1.05 bits per heavy atom. The molecule has 0 aromatic heterocycles. The van der Waals surface area contributed by atoms with E-state index in [-0.39, 0.29) is 18.0 Å². The molecule has 3 nitrogen and oxygen atoms in total. The smallest absolute Gasteiger partial charge is 0.126 e. The summed E-state index contributed by atoms with van der Waals surface area (Å²) in [5, 5.41) is 0. The average molecular weight is 307 g/mol. The predicted octanol–water partition coefficient (Wildman–Crippen LogP) is 3.27. The molecular weight excluding hydrogens is 288 g/mol. The van der Waals surface area contributed by atoms with Gasteiger partial charge in [0.15, 0.2) is 0 Å². The van der Waals surface area contributed by atoms with Gasteiger partial charge in [-0.3, -0.25) is 0 Å². The van der Waals surface area contributed by atoms with Crippen molar-refractivity contribution in [2.75, 3.05) is 20.8 Å². The van der Waals surface area contributed by atoms with E-state index in [0.717, 1.165) is 17.7 Å². The molecule has 0 bridgehead atoms. The molecule has 0 fully saturated rings. The van der Waals surface area contributed by atoms with Gasteiger partial charge in [-0.2, -0.15) is 0 Å². The maximum Gasteiger partial charge on any atom is 0.126 e. The van der Waals surface area contributed by atoms with Crippen molar-refractivity contribution in [1.29, 1.82) is 0 Å². The number of nitrogens with two attached hydrogens (primary N) is 1. The summed E-state index contributed by atoms with van der Waals surface area (Å²) in [6.07, 6.45) is 0.428.